The summed E-state index contributed by atoms with van der Waals surface area (Å²) in [5, 5.41) is 10.1. The van der Waals surface area contributed by atoms with E-state index in [0.29, 0.717) is 12.4 Å². The number of carbonyl (C=O) groups is 1. The van der Waals surface area contributed by atoms with Crippen LogP contribution in [0.2, 0.25) is 0 Å². The van der Waals surface area contributed by atoms with Gasteiger partial charge in [0.2, 0.25) is 5.88 Å². The molecule has 0 unspecified atom stereocenters. The number of nitrogens with zero attached hydrogens (tertiary/aromatic N) is 2. The Kier molecular flexibility index (Phi) is 5.92. The molecule has 0 radical (unpaired) electrons. The minimum absolute atomic E-state index is 0.211. The highest BCUT2D eigenvalue weighted by molar-refractivity contribution is 5.89. The molecule has 2 N–H and O–H groups in total. The summed E-state index contributed by atoms with van der Waals surface area (Å²) < 4.78 is 12.1. The van der Waals surface area contributed by atoms with Crippen LogP contribution in [-0.4, -0.2) is 29.5 Å². The molecule has 0 aliphatic rings. The zero-order valence-electron chi connectivity index (χ0n) is 14.6. The number of unbranched alkanes of at least 4 members (excludes halogenated alkanes) is 1. The summed E-state index contributed by atoms with van der Waals surface area (Å²) in [6.07, 6.45) is 6.19. The van der Waals surface area contributed by atoms with Gasteiger partial charge in [0.15, 0.2) is 0 Å². The maximum absolute atomic E-state index is 11.9. The lowest BCUT2D eigenvalue weighted by atomic mass is 10.2. The first-order valence-corrected chi connectivity index (χ1v) is 8.52. The molecule has 2 aromatic heterocycles. The number of aryl methyl sites for hydroxylation is 1. The summed E-state index contributed by atoms with van der Waals surface area (Å²) in [5.74, 6) is 1.46. The highest BCUT2D eigenvalue weighted by Crippen LogP contribution is 2.14. The lowest BCUT2D eigenvalue weighted by Gasteiger charge is -2.08. The van der Waals surface area contributed by atoms with Crippen LogP contribution in [0.3, 0.4) is 0 Å². The second-order valence-electron chi connectivity index (χ2n) is 5.77. The molecule has 1 aromatic carbocycles. The molecule has 0 saturated carbocycles. The number of rotatable bonds is 8. The van der Waals surface area contributed by atoms with Crippen molar-refractivity contribution >= 4 is 11.7 Å². The number of benzene rings is 1. The molecule has 0 bridgehead atoms. The van der Waals surface area contributed by atoms with E-state index in [1.54, 1.807) is 42.3 Å². The van der Waals surface area contributed by atoms with Crippen LogP contribution in [0.15, 0.2) is 59.3 Å². The van der Waals surface area contributed by atoms with Gasteiger partial charge in [0.25, 0.3) is 0 Å². The average Bonchev–Trinajstić information content (AvgIpc) is 3.33. The predicted octanol–water partition coefficient (Wildman–Crippen LogP) is 3.62. The lowest BCUT2D eigenvalue weighted by molar-refractivity contribution is 0.252. The monoisotopic (exact) mass is 354 g/mol. The van der Waals surface area contributed by atoms with Crippen molar-refractivity contribution in [2.24, 2.45) is 0 Å². The van der Waals surface area contributed by atoms with Crippen LogP contribution in [0.4, 0.5) is 10.5 Å². The molecule has 2 heterocycles. The fourth-order valence-corrected chi connectivity index (χ4v) is 2.50. The van der Waals surface area contributed by atoms with Gasteiger partial charge in [0.05, 0.1) is 19.1 Å². The van der Waals surface area contributed by atoms with Gasteiger partial charge in [-0.15, -0.1) is 0 Å². The van der Waals surface area contributed by atoms with E-state index in [1.807, 2.05) is 24.4 Å². The van der Waals surface area contributed by atoms with E-state index in [-0.39, 0.29) is 6.03 Å². The second kappa shape index (κ2) is 8.75. The molecule has 0 aliphatic carbocycles. The summed E-state index contributed by atoms with van der Waals surface area (Å²) in [7, 11) is 1.61. The number of anilines is 1. The van der Waals surface area contributed by atoms with Crippen molar-refractivity contribution in [1.82, 2.24) is 15.1 Å². The Hall–Kier alpha value is -3.22. The van der Waals surface area contributed by atoms with Gasteiger partial charge in [0, 0.05) is 24.5 Å². The van der Waals surface area contributed by atoms with Gasteiger partial charge >= 0.3 is 6.03 Å². The Morgan fingerprint density at radius 3 is 2.77 bits per heavy atom. The highest BCUT2D eigenvalue weighted by atomic mass is 16.5. The lowest BCUT2D eigenvalue weighted by Crippen LogP contribution is -2.29. The number of urea groups is 1. The van der Waals surface area contributed by atoms with Crippen LogP contribution in [0, 0.1) is 0 Å². The van der Waals surface area contributed by atoms with E-state index < -0.39 is 0 Å². The number of methoxy groups -OCH3 is 1. The molecular weight excluding hydrogens is 332 g/mol. The summed E-state index contributed by atoms with van der Waals surface area (Å²) in [5.41, 5.74) is 1.73. The Morgan fingerprint density at radius 1 is 1.19 bits per heavy atom. The number of hydrogen-bond acceptors (Lipinski definition) is 4. The van der Waals surface area contributed by atoms with Gasteiger partial charge in [-0.05, 0) is 55.7 Å². The molecule has 2 amide bonds. The number of nitrogens with one attached hydrogen (secondary N) is 2. The van der Waals surface area contributed by atoms with Crippen molar-refractivity contribution in [2.75, 3.05) is 19.0 Å². The summed E-state index contributed by atoms with van der Waals surface area (Å²) >= 11 is 0. The van der Waals surface area contributed by atoms with E-state index in [9.17, 15) is 4.79 Å². The predicted molar refractivity (Wildman–Crippen MR) is 98.8 cm³/mol. The molecule has 3 aromatic rings. The molecule has 0 saturated heterocycles. The van der Waals surface area contributed by atoms with Gasteiger partial charge in [0.1, 0.15) is 5.75 Å². The van der Waals surface area contributed by atoms with Crippen LogP contribution in [-0.2, 0) is 6.42 Å². The third kappa shape index (κ3) is 4.89. The Morgan fingerprint density at radius 2 is 2.04 bits per heavy atom. The molecule has 7 nitrogen and oxygen atoms in total. The number of carbonyl (C=O) groups excluding carboxylic acids is 1. The van der Waals surface area contributed by atoms with E-state index >= 15 is 0 Å². The second-order valence-corrected chi connectivity index (χ2v) is 5.77. The number of aromatic nitrogens is 2. The van der Waals surface area contributed by atoms with Crippen molar-refractivity contribution in [2.45, 2.75) is 19.3 Å². The van der Waals surface area contributed by atoms with E-state index in [0.717, 1.165) is 36.4 Å². The number of ether oxygens (including phenoxy) is 1. The first kappa shape index (κ1) is 17.6. The van der Waals surface area contributed by atoms with Gasteiger partial charge in [-0.2, -0.15) is 5.10 Å². The van der Waals surface area contributed by atoms with Crippen LogP contribution < -0.4 is 15.4 Å². The quantitative estimate of drug-likeness (QED) is 0.606. The number of furan rings is 1. The minimum atomic E-state index is -0.211. The Labute approximate surface area is 152 Å². The smallest absolute Gasteiger partial charge is 0.319 e. The third-order valence-corrected chi connectivity index (χ3v) is 3.87. The van der Waals surface area contributed by atoms with E-state index in [1.165, 1.54) is 0 Å². The summed E-state index contributed by atoms with van der Waals surface area (Å²) in [4.78, 5) is 11.9. The molecule has 26 heavy (non-hydrogen) atoms. The standard InChI is InChI=1S/C19H22N4O3/c1-25-17-9-7-15(8-10-17)21-19(24)20-12-3-2-5-16-11-13-23(22-16)18-6-4-14-26-18/h4,6-11,13-14H,2-3,5,12H2,1H3,(H2,20,21,24). The Bertz CT molecular complexity index is 810. The van der Waals surface area contributed by atoms with Crippen LogP contribution >= 0.6 is 0 Å². The van der Waals surface area contributed by atoms with Gasteiger partial charge < -0.3 is 19.8 Å². The van der Waals surface area contributed by atoms with Crippen LogP contribution in [0.25, 0.3) is 5.88 Å². The van der Waals surface area contributed by atoms with Crippen molar-refractivity contribution in [3.8, 4) is 11.6 Å². The Balaban J connectivity index is 1.33. The molecule has 0 spiro atoms. The van der Waals surface area contributed by atoms with E-state index in [4.69, 9.17) is 9.15 Å². The minimum Gasteiger partial charge on any atom is -0.497 e. The fourth-order valence-electron chi connectivity index (χ4n) is 2.50. The zero-order valence-corrected chi connectivity index (χ0v) is 14.6. The third-order valence-electron chi connectivity index (χ3n) is 3.87. The van der Waals surface area contributed by atoms with Crippen LogP contribution in [0.5, 0.6) is 5.75 Å². The molecule has 0 atom stereocenters. The fraction of sp³-hybridized carbons (Fsp3) is 0.263. The molecule has 7 heteroatoms. The topological polar surface area (TPSA) is 81.3 Å². The van der Waals surface area contributed by atoms with Gasteiger partial charge in [-0.1, -0.05) is 0 Å². The van der Waals surface area contributed by atoms with Gasteiger partial charge in [-0.3, -0.25) is 0 Å². The van der Waals surface area contributed by atoms with Crippen molar-refractivity contribution in [1.29, 1.82) is 0 Å². The highest BCUT2D eigenvalue weighted by Gasteiger charge is 2.04. The van der Waals surface area contributed by atoms with Crippen molar-refractivity contribution in [3.05, 3.63) is 60.6 Å². The largest absolute Gasteiger partial charge is 0.497 e. The summed E-state index contributed by atoms with van der Waals surface area (Å²) in [6, 6.07) is 12.7. The average molecular weight is 354 g/mol. The molecule has 136 valence electrons. The first-order chi connectivity index (χ1) is 12.7. The zero-order chi connectivity index (χ0) is 18.2. The number of amides is 2. The van der Waals surface area contributed by atoms with E-state index in [2.05, 4.69) is 15.7 Å². The maximum Gasteiger partial charge on any atom is 0.319 e. The number of hydrogen-bond donors (Lipinski definition) is 2. The molecule has 0 fully saturated rings. The molecule has 0 aliphatic heterocycles. The van der Waals surface area contributed by atoms with Gasteiger partial charge in [-0.25, -0.2) is 9.48 Å². The maximum atomic E-state index is 11.9. The van der Waals surface area contributed by atoms with Crippen molar-refractivity contribution in [3.63, 3.8) is 0 Å². The molecule has 3 rings (SSSR count). The van der Waals surface area contributed by atoms with Crippen LogP contribution in [0.1, 0.15) is 18.5 Å². The molecular formula is C19H22N4O3. The summed E-state index contributed by atoms with van der Waals surface area (Å²) in [6.45, 7) is 0.612. The first-order valence-electron chi connectivity index (χ1n) is 8.52. The SMILES string of the molecule is COc1ccc(NC(=O)NCCCCc2ccn(-c3ccco3)n2)cc1. The van der Waals surface area contributed by atoms with Crippen molar-refractivity contribution < 1.29 is 13.9 Å². The normalized spacial score (nSPS) is 10.5.